The van der Waals surface area contributed by atoms with Crippen LogP contribution >= 0.6 is 11.6 Å². The maximum absolute atomic E-state index is 6.62. The number of anilines is 1. The van der Waals surface area contributed by atoms with E-state index >= 15 is 0 Å². The van der Waals surface area contributed by atoms with E-state index in [2.05, 4.69) is 21.5 Å². The van der Waals surface area contributed by atoms with Gasteiger partial charge in [0.15, 0.2) is 5.82 Å². The SMILES string of the molecule is C=C1C(c2cc(OC)cc(OC)c2Cl)=NC(c2nc(C(C=NC)=C(C)N)cnc2N)=CN1C. The van der Waals surface area contributed by atoms with E-state index in [1.807, 2.05) is 11.9 Å². The van der Waals surface area contributed by atoms with Gasteiger partial charge in [-0.3, -0.25) is 4.99 Å². The van der Waals surface area contributed by atoms with Gasteiger partial charge < -0.3 is 25.8 Å². The number of nitrogens with two attached hydrogens (primary N) is 2. The summed E-state index contributed by atoms with van der Waals surface area (Å²) in [6.07, 6.45) is 4.94. The molecule has 0 aliphatic carbocycles. The molecular weight excluding hydrogens is 442 g/mol. The lowest BCUT2D eigenvalue weighted by molar-refractivity contribution is 0.394. The minimum Gasteiger partial charge on any atom is -0.497 e. The van der Waals surface area contributed by atoms with Crippen molar-refractivity contribution in [2.75, 3.05) is 34.0 Å². The number of nitrogens with zero attached hydrogens (tertiary/aromatic N) is 5. The summed E-state index contributed by atoms with van der Waals surface area (Å²) in [5.74, 6) is 1.23. The van der Waals surface area contributed by atoms with Crippen molar-refractivity contribution in [3.63, 3.8) is 0 Å². The third kappa shape index (κ3) is 4.68. The summed E-state index contributed by atoms with van der Waals surface area (Å²) in [5, 5.41) is 0.379. The quantitative estimate of drug-likeness (QED) is 0.624. The van der Waals surface area contributed by atoms with Gasteiger partial charge in [-0.1, -0.05) is 18.2 Å². The minimum atomic E-state index is 0.214. The summed E-state index contributed by atoms with van der Waals surface area (Å²) in [5.41, 5.74) is 16.5. The molecule has 9 nitrogen and oxygen atoms in total. The van der Waals surface area contributed by atoms with Crippen LogP contribution in [0.1, 0.15) is 23.9 Å². The highest BCUT2D eigenvalue weighted by Crippen LogP contribution is 2.37. The molecule has 4 N–H and O–H groups in total. The highest BCUT2D eigenvalue weighted by Gasteiger charge is 2.25. The molecule has 0 unspecified atom stereocenters. The molecule has 3 rings (SSSR count). The van der Waals surface area contributed by atoms with Crippen LogP contribution in [-0.2, 0) is 0 Å². The van der Waals surface area contributed by atoms with Crippen LogP contribution in [0.4, 0.5) is 5.82 Å². The van der Waals surface area contributed by atoms with Crippen molar-refractivity contribution in [1.82, 2.24) is 14.9 Å². The molecule has 0 spiro atoms. The molecule has 1 aromatic heterocycles. The van der Waals surface area contributed by atoms with Crippen LogP contribution in [0.25, 0.3) is 11.3 Å². The van der Waals surface area contributed by atoms with E-state index in [0.29, 0.717) is 61.8 Å². The summed E-state index contributed by atoms with van der Waals surface area (Å²) >= 11 is 6.62. The number of aromatic nitrogens is 2. The zero-order valence-electron chi connectivity index (χ0n) is 19.2. The topological polar surface area (TPSA) is 124 Å². The van der Waals surface area contributed by atoms with E-state index in [0.717, 1.165) is 0 Å². The minimum absolute atomic E-state index is 0.214. The molecular formula is C23H26ClN7O2. The Hall–Kier alpha value is -3.85. The monoisotopic (exact) mass is 467 g/mol. The number of methoxy groups -OCH3 is 2. The van der Waals surface area contributed by atoms with Gasteiger partial charge in [-0.25, -0.2) is 15.0 Å². The fourth-order valence-electron chi connectivity index (χ4n) is 3.20. The Morgan fingerprint density at radius 2 is 2.00 bits per heavy atom. The molecule has 1 aromatic carbocycles. The number of likely N-dealkylation sites (N-methyl/N-ethyl adjacent to an activating group) is 1. The molecule has 0 fully saturated rings. The van der Waals surface area contributed by atoms with Crippen molar-refractivity contribution in [2.24, 2.45) is 15.7 Å². The lowest BCUT2D eigenvalue weighted by Gasteiger charge is -2.26. The molecule has 33 heavy (non-hydrogen) atoms. The maximum atomic E-state index is 6.62. The summed E-state index contributed by atoms with van der Waals surface area (Å²) in [6.45, 7) is 5.92. The second-order valence-corrected chi connectivity index (χ2v) is 7.57. The fraction of sp³-hybridized carbons (Fsp3) is 0.217. The van der Waals surface area contributed by atoms with Gasteiger partial charge in [0.2, 0.25) is 0 Å². The predicted molar refractivity (Wildman–Crippen MR) is 134 cm³/mol. The third-order valence-corrected chi connectivity index (χ3v) is 5.36. The second-order valence-electron chi connectivity index (χ2n) is 7.20. The standard InChI is InChI=1S/C23H26ClN7O2/c1-12(25)16(9-27-3)17-10-28-23(26)22(29-17)18-11-31(4)13(2)21(30-18)15-7-14(32-5)8-19(33-6)20(15)24/h7-11H,2,25H2,1,3-6H3,(H2,26,28). The molecule has 2 heterocycles. The Balaban J connectivity index is 2.21. The maximum Gasteiger partial charge on any atom is 0.151 e. The van der Waals surface area contributed by atoms with Crippen LogP contribution in [0.5, 0.6) is 11.5 Å². The number of aliphatic imine (C=N–C) groups is 2. The van der Waals surface area contributed by atoms with Gasteiger partial charge in [-0.05, 0) is 13.0 Å². The van der Waals surface area contributed by atoms with Crippen molar-refractivity contribution in [2.45, 2.75) is 6.92 Å². The third-order valence-electron chi connectivity index (χ3n) is 4.97. The summed E-state index contributed by atoms with van der Waals surface area (Å²) in [7, 11) is 6.59. The van der Waals surface area contributed by atoms with E-state index in [1.54, 1.807) is 51.8 Å². The van der Waals surface area contributed by atoms with Gasteiger partial charge in [0.05, 0.1) is 42.5 Å². The number of hydrogen-bond acceptors (Lipinski definition) is 9. The average Bonchev–Trinajstić information content (AvgIpc) is 2.80. The molecule has 0 radical (unpaired) electrons. The zero-order valence-corrected chi connectivity index (χ0v) is 19.9. The Morgan fingerprint density at radius 3 is 2.61 bits per heavy atom. The zero-order chi connectivity index (χ0) is 24.3. The van der Waals surface area contributed by atoms with E-state index in [-0.39, 0.29) is 5.82 Å². The van der Waals surface area contributed by atoms with Crippen molar-refractivity contribution in [1.29, 1.82) is 0 Å². The van der Waals surface area contributed by atoms with Crippen molar-refractivity contribution >= 4 is 40.6 Å². The van der Waals surface area contributed by atoms with E-state index in [4.69, 9.17) is 37.5 Å². The molecule has 0 bridgehead atoms. The van der Waals surface area contributed by atoms with Gasteiger partial charge in [0.25, 0.3) is 0 Å². The number of rotatable bonds is 6. The number of benzene rings is 1. The van der Waals surface area contributed by atoms with Gasteiger partial charge in [-0.2, -0.15) is 0 Å². The Labute approximate surface area is 197 Å². The smallest absolute Gasteiger partial charge is 0.151 e. The predicted octanol–water partition coefficient (Wildman–Crippen LogP) is 3.37. The summed E-state index contributed by atoms with van der Waals surface area (Å²) in [4.78, 5) is 19.6. The lowest BCUT2D eigenvalue weighted by atomic mass is 10.0. The number of hydrogen-bond donors (Lipinski definition) is 2. The first-order valence-corrected chi connectivity index (χ1v) is 10.3. The van der Waals surface area contributed by atoms with E-state index in [1.165, 1.54) is 7.11 Å². The number of ether oxygens (including phenoxy) is 2. The Morgan fingerprint density at radius 1 is 1.27 bits per heavy atom. The van der Waals surface area contributed by atoms with Gasteiger partial charge in [0.1, 0.15) is 22.9 Å². The van der Waals surface area contributed by atoms with Crippen LogP contribution < -0.4 is 20.9 Å². The summed E-state index contributed by atoms with van der Waals surface area (Å²) < 4.78 is 10.8. The second kappa shape index (κ2) is 9.74. The number of halogens is 1. The fourth-order valence-corrected chi connectivity index (χ4v) is 3.47. The molecule has 0 saturated carbocycles. The van der Waals surface area contributed by atoms with Crippen LogP contribution in [0.15, 0.2) is 52.5 Å². The lowest BCUT2D eigenvalue weighted by Crippen LogP contribution is -2.23. The highest BCUT2D eigenvalue weighted by molar-refractivity contribution is 6.37. The molecule has 0 atom stereocenters. The molecule has 0 amide bonds. The number of allylic oxidation sites excluding steroid dienone is 3. The molecule has 172 valence electrons. The number of nitrogen functional groups attached to an aromatic ring is 1. The largest absolute Gasteiger partial charge is 0.497 e. The normalized spacial score (nSPS) is 14.7. The molecule has 1 aliphatic rings. The van der Waals surface area contributed by atoms with Gasteiger partial charge >= 0.3 is 0 Å². The first-order valence-electron chi connectivity index (χ1n) is 9.88. The van der Waals surface area contributed by atoms with Crippen molar-refractivity contribution in [3.05, 3.63) is 64.5 Å². The molecule has 1 aliphatic heterocycles. The van der Waals surface area contributed by atoms with Gasteiger partial charge in [-0.15, -0.1) is 0 Å². The van der Waals surface area contributed by atoms with Crippen LogP contribution in [0, 0.1) is 0 Å². The first kappa shape index (κ1) is 23.8. The Kier molecular flexibility index (Phi) is 7.03. The Bertz CT molecular complexity index is 1230. The van der Waals surface area contributed by atoms with Crippen LogP contribution in [-0.4, -0.2) is 55.1 Å². The molecule has 10 heteroatoms. The van der Waals surface area contributed by atoms with E-state index in [9.17, 15) is 0 Å². The highest BCUT2D eigenvalue weighted by atomic mass is 35.5. The van der Waals surface area contributed by atoms with E-state index < -0.39 is 0 Å². The van der Waals surface area contributed by atoms with Gasteiger partial charge in [0, 0.05) is 49.4 Å². The summed E-state index contributed by atoms with van der Waals surface area (Å²) in [6, 6.07) is 3.47. The average molecular weight is 468 g/mol. The van der Waals surface area contributed by atoms with Crippen LogP contribution in [0.2, 0.25) is 5.02 Å². The first-order chi connectivity index (χ1) is 15.7. The molecule has 0 saturated heterocycles. The molecule has 2 aromatic rings. The van der Waals surface area contributed by atoms with Crippen molar-refractivity contribution in [3.8, 4) is 11.5 Å². The van der Waals surface area contributed by atoms with Crippen LogP contribution in [0.3, 0.4) is 0 Å². The van der Waals surface area contributed by atoms with Crippen molar-refractivity contribution < 1.29 is 9.47 Å².